The van der Waals surface area contributed by atoms with E-state index in [2.05, 4.69) is 13.8 Å². The van der Waals surface area contributed by atoms with Gasteiger partial charge in [-0.25, -0.2) is 0 Å². The van der Waals surface area contributed by atoms with E-state index in [0.29, 0.717) is 11.8 Å². The summed E-state index contributed by atoms with van der Waals surface area (Å²) in [6, 6.07) is 0. The molecule has 0 aromatic carbocycles. The lowest BCUT2D eigenvalue weighted by molar-refractivity contribution is -0.0573. The Kier molecular flexibility index (Phi) is 1.62. The zero-order valence-electron chi connectivity index (χ0n) is 7.71. The van der Waals surface area contributed by atoms with Gasteiger partial charge in [-0.15, -0.1) is 0 Å². The number of ether oxygens (including phenoxy) is 1. The molecule has 2 saturated heterocycles. The molecule has 3 heteroatoms. The van der Waals surface area contributed by atoms with Gasteiger partial charge in [0.15, 0.2) is 0 Å². The van der Waals surface area contributed by atoms with Crippen LogP contribution in [-0.2, 0) is 4.74 Å². The van der Waals surface area contributed by atoms with Gasteiger partial charge in [0, 0.05) is 5.50 Å². The minimum Gasteiger partial charge on any atom is -0.393 e. The largest absolute Gasteiger partial charge is 0.393 e. The first kappa shape index (κ1) is 8.58. The van der Waals surface area contributed by atoms with E-state index in [0.717, 1.165) is 12.8 Å². The summed E-state index contributed by atoms with van der Waals surface area (Å²) in [5.41, 5.74) is -0.781. The molecule has 2 aliphatic rings. The second-order valence-corrected chi connectivity index (χ2v) is 4.36. The lowest BCUT2D eigenvalue weighted by Crippen LogP contribution is -2.40. The van der Waals surface area contributed by atoms with E-state index in [-0.39, 0.29) is 12.2 Å². The van der Waals surface area contributed by atoms with E-state index in [1.165, 1.54) is 0 Å². The van der Waals surface area contributed by atoms with E-state index < -0.39 is 5.50 Å². The van der Waals surface area contributed by atoms with Crippen LogP contribution in [0.4, 0.5) is 0 Å². The predicted octanol–water partition coefficient (Wildman–Crippen LogP) is 0.678. The van der Waals surface area contributed by atoms with Crippen LogP contribution in [0.3, 0.4) is 0 Å². The normalized spacial score (nSPS) is 57.9. The fourth-order valence-corrected chi connectivity index (χ4v) is 2.66. The summed E-state index contributed by atoms with van der Waals surface area (Å²) in [7, 11) is 6.06. The van der Waals surface area contributed by atoms with Gasteiger partial charge >= 0.3 is 0 Å². The van der Waals surface area contributed by atoms with Gasteiger partial charge < -0.3 is 9.84 Å². The molecule has 4 unspecified atom stereocenters. The van der Waals surface area contributed by atoms with Crippen molar-refractivity contribution in [1.29, 1.82) is 0 Å². The molecule has 2 radical (unpaired) electrons. The summed E-state index contributed by atoms with van der Waals surface area (Å²) in [6.07, 6.45) is 1.80. The molecule has 0 aromatic heterocycles. The minimum absolute atomic E-state index is 0.109. The Hall–Kier alpha value is -0.0151. The molecule has 2 fully saturated rings. The summed E-state index contributed by atoms with van der Waals surface area (Å²) >= 11 is 0. The van der Waals surface area contributed by atoms with Crippen molar-refractivity contribution in [3.05, 3.63) is 0 Å². The van der Waals surface area contributed by atoms with Crippen molar-refractivity contribution in [1.82, 2.24) is 0 Å². The summed E-state index contributed by atoms with van der Waals surface area (Å²) in [5, 5.41) is 9.27. The van der Waals surface area contributed by atoms with Gasteiger partial charge in [-0.3, -0.25) is 0 Å². The topological polar surface area (TPSA) is 29.5 Å². The van der Waals surface area contributed by atoms with Crippen LogP contribution in [0.15, 0.2) is 0 Å². The average Bonchev–Trinajstić information content (AvgIpc) is 2.50. The fraction of sp³-hybridized carbons (Fsp3) is 1.00. The van der Waals surface area contributed by atoms with Crippen molar-refractivity contribution >= 4 is 7.85 Å². The fourth-order valence-electron chi connectivity index (χ4n) is 2.66. The number of hydrogen-bond donors (Lipinski definition) is 1. The number of fused-ring (bicyclic) bond motifs is 2. The van der Waals surface area contributed by atoms with Gasteiger partial charge in [0.1, 0.15) is 7.85 Å². The van der Waals surface area contributed by atoms with Crippen molar-refractivity contribution in [2.75, 3.05) is 6.61 Å². The van der Waals surface area contributed by atoms with Crippen molar-refractivity contribution in [3.8, 4) is 0 Å². The highest BCUT2D eigenvalue weighted by atomic mass is 16.5. The van der Waals surface area contributed by atoms with Gasteiger partial charge in [0.25, 0.3) is 0 Å². The van der Waals surface area contributed by atoms with E-state index in [9.17, 15) is 5.11 Å². The number of aliphatic hydroxyl groups is 1. The average molecular weight is 166 g/mol. The Balaban J connectivity index is 2.32. The van der Waals surface area contributed by atoms with Crippen LogP contribution in [0.2, 0.25) is 0 Å². The van der Waals surface area contributed by atoms with E-state index in [1.54, 1.807) is 0 Å². The first-order valence-corrected chi connectivity index (χ1v) is 4.64. The Labute approximate surface area is 74.7 Å². The maximum Gasteiger partial charge on any atom is 0.114 e. The van der Waals surface area contributed by atoms with Crippen LogP contribution in [0.1, 0.15) is 26.7 Å². The molecule has 2 heterocycles. The molecule has 12 heavy (non-hydrogen) atoms. The smallest absolute Gasteiger partial charge is 0.114 e. The molecule has 0 aliphatic carbocycles. The van der Waals surface area contributed by atoms with Gasteiger partial charge in [-0.05, 0) is 24.7 Å². The maximum atomic E-state index is 9.27. The summed E-state index contributed by atoms with van der Waals surface area (Å²) < 4.78 is 5.75. The summed E-state index contributed by atoms with van der Waals surface area (Å²) in [4.78, 5) is 0. The first-order valence-electron chi connectivity index (χ1n) is 4.64. The third-order valence-electron chi connectivity index (χ3n) is 3.95. The van der Waals surface area contributed by atoms with Crippen molar-refractivity contribution in [3.63, 3.8) is 0 Å². The highest BCUT2D eigenvalue weighted by Crippen LogP contribution is 2.55. The molecule has 2 aliphatic heterocycles. The third kappa shape index (κ3) is 0.788. The molecule has 0 saturated carbocycles. The van der Waals surface area contributed by atoms with E-state index >= 15 is 0 Å². The standard InChI is InChI=1S/C9H15BO2/c1-6-7(2)9(10)4-3-8(6,5-11)12-9/h6-7,11H,3-5H2,1-2H3. The van der Waals surface area contributed by atoms with Crippen molar-refractivity contribution < 1.29 is 9.84 Å². The van der Waals surface area contributed by atoms with Crippen LogP contribution in [0.5, 0.6) is 0 Å². The highest BCUT2D eigenvalue weighted by Gasteiger charge is 2.60. The lowest BCUT2D eigenvalue weighted by atomic mass is 9.61. The molecule has 0 spiro atoms. The van der Waals surface area contributed by atoms with Crippen molar-refractivity contribution in [2.24, 2.45) is 11.8 Å². The molecule has 1 N–H and O–H groups in total. The van der Waals surface area contributed by atoms with Crippen LogP contribution in [0.25, 0.3) is 0 Å². The minimum atomic E-state index is -0.456. The quantitative estimate of drug-likeness (QED) is 0.580. The third-order valence-corrected chi connectivity index (χ3v) is 3.95. The molecule has 0 aromatic rings. The van der Waals surface area contributed by atoms with Crippen LogP contribution >= 0.6 is 0 Å². The van der Waals surface area contributed by atoms with Crippen molar-refractivity contribution in [2.45, 2.75) is 37.8 Å². The molecule has 2 rings (SSSR count). The van der Waals surface area contributed by atoms with E-state index in [1.807, 2.05) is 0 Å². The van der Waals surface area contributed by atoms with Crippen LogP contribution < -0.4 is 0 Å². The number of rotatable bonds is 1. The highest BCUT2D eigenvalue weighted by molar-refractivity contribution is 6.15. The molecular formula is C9H15BO2. The zero-order valence-corrected chi connectivity index (χ0v) is 7.71. The molecule has 66 valence electrons. The monoisotopic (exact) mass is 166 g/mol. The molecule has 2 nitrogen and oxygen atoms in total. The SMILES string of the molecule is [B]C12CCC(CO)(O1)C(C)C2C. The summed E-state index contributed by atoms with van der Waals surface area (Å²) in [6.45, 7) is 4.34. The molecule has 2 bridgehead atoms. The van der Waals surface area contributed by atoms with Gasteiger partial charge in [-0.1, -0.05) is 13.8 Å². The Morgan fingerprint density at radius 1 is 1.42 bits per heavy atom. The summed E-state index contributed by atoms with van der Waals surface area (Å²) in [5.74, 6) is 0.736. The van der Waals surface area contributed by atoms with Gasteiger partial charge in [-0.2, -0.15) is 0 Å². The van der Waals surface area contributed by atoms with E-state index in [4.69, 9.17) is 12.6 Å². The lowest BCUT2D eigenvalue weighted by Gasteiger charge is -2.32. The van der Waals surface area contributed by atoms with Crippen LogP contribution in [0, 0.1) is 11.8 Å². The van der Waals surface area contributed by atoms with Gasteiger partial charge in [0.2, 0.25) is 0 Å². The zero-order chi connectivity index (χ0) is 8.98. The number of aliphatic hydroxyl groups excluding tert-OH is 1. The van der Waals surface area contributed by atoms with Gasteiger partial charge in [0.05, 0.1) is 12.2 Å². The second-order valence-electron chi connectivity index (χ2n) is 4.36. The molecule has 4 atom stereocenters. The molecular weight excluding hydrogens is 151 g/mol. The predicted molar refractivity (Wildman–Crippen MR) is 46.9 cm³/mol. The molecule has 0 amide bonds. The maximum absolute atomic E-state index is 9.27. The first-order chi connectivity index (χ1) is 5.54. The second kappa shape index (κ2) is 2.27. The Morgan fingerprint density at radius 3 is 2.42 bits per heavy atom. The number of hydrogen-bond acceptors (Lipinski definition) is 2. The Morgan fingerprint density at radius 2 is 2.08 bits per heavy atom. The van der Waals surface area contributed by atoms with Crippen LogP contribution in [-0.4, -0.2) is 30.7 Å². The Bertz CT molecular complexity index is 209.